The molecule has 1 heterocycles. The Morgan fingerprint density at radius 3 is 2.77 bits per heavy atom. The lowest BCUT2D eigenvalue weighted by molar-refractivity contribution is -0.123. The van der Waals surface area contributed by atoms with E-state index < -0.39 is 18.5 Å². The number of aryl methyl sites for hydroxylation is 1. The van der Waals surface area contributed by atoms with Crippen molar-refractivity contribution in [3.05, 3.63) is 41.8 Å². The van der Waals surface area contributed by atoms with Crippen LogP contribution in [0.1, 0.15) is 16.2 Å². The molecule has 0 aliphatic rings. The van der Waals surface area contributed by atoms with Gasteiger partial charge < -0.3 is 14.5 Å². The van der Waals surface area contributed by atoms with Crippen molar-refractivity contribution in [2.24, 2.45) is 0 Å². The number of amides is 1. The van der Waals surface area contributed by atoms with Gasteiger partial charge in [0.05, 0.1) is 6.54 Å². The molecular formula is C16H14N2O4. The highest BCUT2D eigenvalue weighted by Crippen LogP contribution is 2.21. The predicted molar refractivity (Wildman–Crippen MR) is 78.8 cm³/mol. The number of esters is 1. The van der Waals surface area contributed by atoms with E-state index in [1.165, 1.54) is 0 Å². The van der Waals surface area contributed by atoms with Crippen molar-refractivity contribution in [3.8, 4) is 23.8 Å². The maximum Gasteiger partial charge on any atom is 0.361 e. The van der Waals surface area contributed by atoms with E-state index in [0.29, 0.717) is 11.7 Å². The van der Waals surface area contributed by atoms with Gasteiger partial charge in [-0.2, -0.15) is 0 Å². The molecule has 6 heteroatoms. The number of benzene rings is 1. The summed E-state index contributed by atoms with van der Waals surface area (Å²) in [7, 11) is 0. The average molecular weight is 298 g/mol. The number of aromatic nitrogens is 1. The van der Waals surface area contributed by atoms with Crippen LogP contribution in [0.2, 0.25) is 0 Å². The lowest BCUT2D eigenvalue weighted by Crippen LogP contribution is -2.29. The normalized spacial score (nSPS) is 9.82. The highest BCUT2D eigenvalue weighted by molar-refractivity contribution is 5.90. The molecule has 1 amide bonds. The lowest BCUT2D eigenvalue weighted by Gasteiger charge is -2.02. The Labute approximate surface area is 127 Å². The van der Waals surface area contributed by atoms with Crippen LogP contribution in [-0.4, -0.2) is 30.0 Å². The fraction of sp³-hybridized carbons (Fsp3) is 0.188. The zero-order valence-electron chi connectivity index (χ0n) is 12.0. The number of ether oxygens (including phenoxy) is 1. The molecule has 0 saturated heterocycles. The number of terminal acetylenes is 1. The SMILES string of the molecule is C#CCNC(=O)COC(=O)c1nc(-c2ccccc2)oc1C. The number of oxazole rings is 1. The first-order valence-electron chi connectivity index (χ1n) is 6.52. The Morgan fingerprint density at radius 1 is 1.36 bits per heavy atom. The van der Waals surface area contributed by atoms with Gasteiger partial charge in [-0.3, -0.25) is 4.79 Å². The Hall–Kier alpha value is -3.07. The second-order valence-electron chi connectivity index (χ2n) is 4.35. The minimum Gasteiger partial charge on any atom is -0.451 e. The number of carbonyl (C=O) groups excluding carboxylic acids is 2. The lowest BCUT2D eigenvalue weighted by atomic mass is 10.2. The summed E-state index contributed by atoms with van der Waals surface area (Å²) in [5.41, 5.74) is 0.792. The van der Waals surface area contributed by atoms with E-state index in [1.54, 1.807) is 6.92 Å². The van der Waals surface area contributed by atoms with Gasteiger partial charge in [-0.05, 0) is 19.1 Å². The van der Waals surface area contributed by atoms with E-state index in [4.69, 9.17) is 15.6 Å². The van der Waals surface area contributed by atoms with E-state index in [2.05, 4.69) is 16.2 Å². The van der Waals surface area contributed by atoms with E-state index in [-0.39, 0.29) is 12.2 Å². The van der Waals surface area contributed by atoms with Gasteiger partial charge >= 0.3 is 5.97 Å². The number of hydrogen-bond acceptors (Lipinski definition) is 5. The molecule has 0 aliphatic heterocycles. The quantitative estimate of drug-likeness (QED) is 0.669. The van der Waals surface area contributed by atoms with Crippen molar-refractivity contribution in [3.63, 3.8) is 0 Å². The van der Waals surface area contributed by atoms with Crippen LogP contribution in [0.4, 0.5) is 0 Å². The predicted octanol–water partition coefficient (Wildman–Crippen LogP) is 1.56. The van der Waals surface area contributed by atoms with Gasteiger partial charge in [0.15, 0.2) is 12.3 Å². The first kappa shape index (κ1) is 15.3. The van der Waals surface area contributed by atoms with Crippen LogP contribution >= 0.6 is 0 Å². The third-order valence-electron chi connectivity index (χ3n) is 2.73. The monoisotopic (exact) mass is 298 g/mol. The molecule has 0 spiro atoms. The molecule has 0 bridgehead atoms. The summed E-state index contributed by atoms with van der Waals surface area (Å²) >= 11 is 0. The molecule has 6 nitrogen and oxygen atoms in total. The fourth-order valence-electron chi connectivity index (χ4n) is 1.69. The zero-order chi connectivity index (χ0) is 15.9. The number of carbonyl (C=O) groups is 2. The van der Waals surface area contributed by atoms with E-state index in [0.717, 1.165) is 5.56 Å². The van der Waals surface area contributed by atoms with Gasteiger partial charge in [-0.25, -0.2) is 9.78 Å². The molecule has 1 N–H and O–H groups in total. The number of nitrogens with zero attached hydrogens (tertiary/aromatic N) is 1. The molecule has 1 aromatic carbocycles. The van der Waals surface area contributed by atoms with Crippen LogP contribution < -0.4 is 5.32 Å². The van der Waals surface area contributed by atoms with Gasteiger partial charge in [-0.15, -0.1) is 6.42 Å². The topological polar surface area (TPSA) is 81.4 Å². The first-order valence-corrected chi connectivity index (χ1v) is 6.52. The fourth-order valence-corrected chi connectivity index (χ4v) is 1.69. The van der Waals surface area contributed by atoms with E-state index in [1.807, 2.05) is 30.3 Å². The first-order chi connectivity index (χ1) is 10.6. The van der Waals surface area contributed by atoms with Crippen molar-refractivity contribution < 1.29 is 18.7 Å². The molecule has 0 unspecified atom stereocenters. The van der Waals surface area contributed by atoms with Crippen molar-refractivity contribution in [2.45, 2.75) is 6.92 Å². The molecule has 2 aromatic rings. The van der Waals surface area contributed by atoms with Crippen LogP contribution in [0, 0.1) is 19.3 Å². The van der Waals surface area contributed by atoms with Crippen LogP contribution in [0.15, 0.2) is 34.7 Å². The molecule has 0 aliphatic carbocycles. The summed E-state index contributed by atoms with van der Waals surface area (Å²) in [5.74, 6) is 1.70. The van der Waals surface area contributed by atoms with E-state index in [9.17, 15) is 9.59 Å². The van der Waals surface area contributed by atoms with Gasteiger partial charge in [0.1, 0.15) is 5.76 Å². The summed E-state index contributed by atoms with van der Waals surface area (Å²) in [6.45, 7) is 1.26. The zero-order valence-corrected chi connectivity index (χ0v) is 12.0. The van der Waals surface area contributed by atoms with Gasteiger partial charge in [0.2, 0.25) is 5.89 Å². The molecule has 112 valence electrons. The van der Waals surface area contributed by atoms with Crippen molar-refractivity contribution in [1.82, 2.24) is 10.3 Å². The summed E-state index contributed by atoms with van der Waals surface area (Å²) in [6.07, 6.45) is 5.01. The number of hydrogen-bond donors (Lipinski definition) is 1. The maximum absolute atomic E-state index is 11.9. The van der Waals surface area contributed by atoms with Gasteiger partial charge in [0.25, 0.3) is 5.91 Å². The number of nitrogens with one attached hydrogen (secondary N) is 1. The summed E-state index contributed by atoms with van der Waals surface area (Å²) < 4.78 is 10.3. The third kappa shape index (κ3) is 3.73. The molecule has 22 heavy (non-hydrogen) atoms. The Kier molecular flexibility index (Phi) is 4.94. The highest BCUT2D eigenvalue weighted by Gasteiger charge is 2.20. The van der Waals surface area contributed by atoms with Crippen LogP contribution in [0.5, 0.6) is 0 Å². The molecule has 0 radical (unpaired) electrons. The molecule has 0 fully saturated rings. The Morgan fingerprint density at radius 2 is 2.09 bits per heavy atom. The summed E-state index contributed by atoms with van der Waals surface area (Å²) in [4.78, 5) is 27.4. The molecule has 2 rings (SSSR count). The van der Waals surface area contributed by atoms with Gasteiger partial charge in [0, 0.05) is 5.56 Å². The van der Waals surface area contributed by atoms with Gasteiger partial charge in [-0.1, -0.05) is 24.1 Å². The second-order valence-corrected chi connectivity index (χ2v) is 4.35. The molecule has 0 saturated carbocycles. The molecular weight excluding hydrogens is 284 g/mol. The smallest absolute Gasteiger partial charge is 0.361 e. The standard InChI is InChI=1S/C16H14N2O4/c1-3-9-17-13(19)10-21-16(20)14-11(2)22-15(18-14)12-7-5-4-6-8-12/h1,4-8H,9-10H2,2H3,(H,17,19). The average Bonchev–Trinajstić information content (AvgIpc) is 2.93. The second kappa shape index (κ2) is 7.09. The Bertz CT molecular complexity index is 713. The Balaban J connectivity index is 2.04. The van der Waals surface area contributed by atoms with Crippen molar-refractivity contribution in [2.75, 3.05) is 13.2 Å². The third-order valence-corrected chi connectivity index (χ3v) is 2.73. The van der Waals surface area contributed by atoms with Crippen LogP contribution in [-0.2, 0) is 9.53 Å². The summed E-state index contributed by atoms with van der Waals surface area (Å²) in [6, 6.07) is 9.16. The largest absolute Gasteiger partial charge is 0.451 e. The van der Waals surface area contributed by atoms with Crippen LogP contribution in [0.3, 0.4) is 0 Å². The van der Waals surface area contributed by atoms with E-state index >= 15 is 0 Å². The minimum atomic E-state index is -0.723. The van der Waals surface area contributed by atoms with Crippen LogP contribution in [0.25, 0.3) is 11.5 Å². The molecule has 1 aromatic heterocycles. The van der Waals surface area contributed by atoms with Crippen molar-refractivity contribution in [1.29, 1.82) is 0 Å². The number of rotatable bonds is 5. The summed E-state index contributed by atoms with van der Waals surface area (Å²) in [5, 5.41) is 2.39. The maximum atomic E-state index is 11.9. The molecule has 0 atom stereocenters. The highest BCUT2D eigenvalue weighted by atomic mass is 16.5. The minimum absolute atomic E-state index is 0.0450. The van der Waals surface area contributed by atoms with Crippen molar-refractivity contribution >= 4 is 11.9 Å².